The van der Waals surface area contributed by atoms with Crippen LogP contribution in [0.15, 0.2) is 0 Å². The first-order chi connectivity index (χ1) is 12.9. The summed E-state index contributed by atoms with van der Waals surface area (Å²) in [6, 6.07) is 0. The number of alkyl halides is 9. The summed E-state index contributed by atoms with van der Waals surface area (Å²) >= 11 is 0. The molecule has 2 fully saturated rings. The van der Waals surface area contributed by atoms with Gasteiger partial charge in [-0.3, -0.25) is 4.79 Å². The first kappa shape index (κ1) is 24.1. The third-order valence-corrected chi connectivity index (χ3v) is 6.98. The topological polar surface area (TPSA) is 26.3 Å². The minimum absolute atomic E-state index is 0.0233. The zero-order chi connectivity index (χ0) is 22.6. The van der Waals surface area contributed by atoms with Gasteiger partial charge >= 0.3 is 24.5 Å². The van der Waals surface area contributed by atoms with E-state index in [-0.39, 0.29) is 19.8 Å². The molecule has 2 aliphatic rings. The third kappa shape index (κ3) is 3.94. The molecule has 2 saturated carbocycles. The van der Waals surface area contributed by atoms with E-state index in [0.29, 0.717) is 13.3 Å². The molecule has 0 aromatic rings. The Bertz CT molecular complexity index is 608. The molecule has 0 N–H and O–H groups in total. The summed E-state index contributed by atoms with van der Waals surface area (Å²) in [7, 11) is 0. The van der Waals surface area contributed by atoms with Crippen LogP contribution in [0.5, 0.6) is 0 Å². The van der Waals surface area contributed by atoms with Gasteiger partial charge in [-0.15, -0.1) is 0 Å². The van der Waals surface area contributed by atoms with Gasteiger partial charge in [0.1, 0.15) is 6.10 Å². The number of hydrogen-bond donors (Lipinski definition) is 0. The van der Waals surface area contributed by atoms with Crippen molar-refractivity contribution in [1.29, 1.82) is 0 Å². The van der Waals surface area contributed by atoms with Crippen molar-refractivity contribution in [1.82, 2.24) is 0 Å². The van der Waals surface area contributed by atoms with Crippen molar-refractivity contribution in [2.24, 2.45) is 28.6 Å². The lowest BCUT2D eigenvalue weighted by molar-refractivity contribution is -0.340. The van der Waals surface area contributed by atoms with Crippen LogP contribution < -0.4 is 0 Å². The van der Waals surface area contributed by atoms with E-state index in [1.807, 2.05) is 0 Å². The molecule has 2 bridgehead atoms. The number of hydrogen-bond acceptors (Lipinski definition) is 2. The second kappa shape index (κ2) is 7.21. The van der Waals surface area contributed by atoms with Crippen molar-refractivity contribution < 1.29 is 49.0 Å². The maximum atomic E-state index is 13.2. The Kier molecular flexibility index (Phi) is 6.00. The van der Waals surface area contributed by atoms with E-state index in [2.05, 4.69) is 0 Å². The highest BCUT2D eigenvalue weighted by molar-refractivity contribution is 5.77. The van der Waals surface area contributed by atoms with Gasteiger partial charge in [-0.2, -0.15) is 39.5 Å². The predicted octanol–water partition coefficient (Wildman–Crippen LogP) is 6.44. The van der Waals surface area contributed by atoms with Gasteiger partial charge < -0.3 is 4.74 Å². The fourth-order valence-electron chi connectivity index (χ4n) is 4.46. The number of carbonyl (C=O) groups excluding carboxylic acids is 1. The Morgan fingerprint density at radius 3 is 1.83 bits per heavy atom. The highest BCUT2D eigenvalue weighted by Gasteiger charge is 2.69. The van der Waals surface area contributed by atoms with Crippen LogP contribution in [0, 0.1) is 28.6 Å². The van der Waals surface area contributed by atoms with Crippen LogP contribution in [0.25, 0.3) is 0 Å². The summed E-state index contributed by atoms with van der Waals surface area (Å²) in [6.07, 6.45) is -18.3. The monoisotopic (exact) mass is 442 g/mol. The van der Waals surface area contributed by atoms with E-state index in [1.165, 1.54) is 0 Å². The smallest absolute Gasteiger partial charge is 0.404 e. The van der Waals surface area contributed by atoms with Crippen LogP contribution in [-0.2, 0) is 9.53 Å². The molecule has 2 rings (SSSR count). The van der Waals surface area contributed by atoms with Gasteiger partial charge in [0, 0.05) is 0 Å². The van der Waals surface area contributed by atoms with Gasteiger partial charge in [-0.05, 0) is 63.7 Å². The summed E-state index contributed by atoms with van der Waals surface area (Å²) in [5, 5.41) is 0. The molecule has 5 atom stereocenters. The zero-order valence-corrected chi connectivity index (χ0v) is 16.1. The lowest BCUT2D eigenvalue weighted by atomic mass is 9.76. The minimum Gasteiger partial charge on any atom is -0.461 e. The van der Waals surface area contributed by atoms with Crippen molar-refractivity contribution in [2.75, 3.05) is 0 Å². The lowest BCUT2D eigenvalue weighted by Crippen LogP contribution is -2.49. The molecule has 2 aliphatic carbocycles. The summed E-state index contributed by atoms with van der Waals surface area (Å²) in [5.41, 5.74) is -6.72. The van der Waals surface area contributed by atoms with Gasteiger partial charge in [0.2, 0.25) is 0 Å². The number of halogens is 9. The second-order valence-electron chi connectivity index (χ2n) is 8.56. The Hall–Kier alpha value is -1.16. The van der Waals surface area contributed by atoms with Crippen molar-refractivity contribution in [3.05, 3.63) is 0 Å². The fourth-order valence-corrected chi connectivity index (χ4v) is 4.46. The Morgan fingerprint density at radius 2 is 1.41 bits per heavy atom. The molecule has 0 amide bonds. The molecular formula is C18H23F9O2. The molecule has 0 saturated heterocycles. The standard InChI is InChI=1S/C18H23F9O2/c1-4-14(2,16(19,20)21)13(28)29-12-7-9-5-6-10(12)11(9)8-15(3,17(22,23)24)18(25,26)27/h9-12H,4-8H2,1-3H3. The van der Waals surface area contributed by atoms with E-state index in [1.54, 1.807) is 0 Å². The summed E-state index contributed by atoms with van der Waals surface area (Å²) in [4.78, 5) is 12.2. The Balaban J connectivity index is 2.20. The van der Waals surface area contributed by atoms with Gasteiger partial charge in [0.05, 0.1) is 0 Å². The van der Waals surface area contributed by atoms with E-state index >= 15 is 0 Å². The molecule has 0 aromatic carbocycles. The van der Waals surface area contributed by atoms with Crippen molar-refractivity contribution in [2.45, 2.75) is 77.5 Å². The van der Waals surface area contributed by atoms with Crippen LogP contribution in [0.1, 0.15) is 52.9 Å². The van der Waals surface area contributed by atoms with E-state index in [0.717, 1.165) is 6.92 Å². The molecule has 29 heavy (non-hydrogen) atoms. The first-order valence-electron chi connectivity index (χ1n) is 9.30. The van der Waals surface area contributed by atoms with Crippen LogP contribution in [0.3, 0.4) is 0 Å². The Morgan fingerprint density at radius 1 is 0.897 bits per heavy atom. The predicted molar refractivity (Wildman–Crippen MR) is 83.5 cm³/mol. The molecule has 0 radical (unpaired) electrons. The SMILES string of the molecule is CCC(C)(C(=O)OC1CC2CCC1C2CC(C)(C(F)(F)F)C(F)(F)F)C(F)(F)F. The molecule has 0 aliphatic heterocycles. The van der Waals surface area contributed by atoms with Gasteiger partial charge in [0.25, 0.3) is 0 Å². The van der Waals surface area contributed by atoms with Gasteiger partial charge in [-0.25, -0.2) is 0 Å². The molecular weight excluding hydrogens is 419 g/mol. The molecule has 0 aromatic heterocycles. The number of esters is 1. The number of ether oxygens (including phenoxy) is 1. The number of carbonyl (C=O) groups is 1. The lowest BCUT2D eigenvalue weighted by Gasteiger charge is -2.37. The molecule has 0 heterocycles. The highest BCUT2D eigenvalue weighted by Crippen LogP contribution is 2.61. The average molecular weight is 442 g/mol. The van der Waals surface area contributed by atoms with Crippen LogP contribution in [0.4, 0.5) is 39.5 Å². The quantitative estimate of drug-likeness (QED) is 0.362. The van der Waals surface area contributed by atoms with Crippen LogP contribution in [-0.4, -0.2) is 30.6 Å². The van der Waals surface area contributed by atoms with E-state index in [9.17, 15) is 44.3 Å². The zero-order valence-electron chi connectivity index (χ0n) is 16.1. The van der Waals surface area contributed by atoms with Crippen molar-refractivity contribution in [3.8, 4) is 0 Å². The maximum Gasteiger partial charge on any atom is 0.404 e. The molecule has 2 nitrogen and oxygen atoms in total. The molecule has 11 heteroatoms. The second-order valence-corrected chi connectivity index (χ2v) is 8.56. The number of fused-ring (bicyclic) bond motifs is 2. The molecule has 170 valence electrons. The molecule has 0 spiro atoms. The Labute approximate surface area is 162 Å². The van der Waals surface area contributed by atoms with Gasteiger partial charge in [0.15, 0.2) is 10.8 Å². The summed E-state index contributed by atoms with van der Waals surface area (Å²) in [6.45, 7) is 1.92. The van der Waals surface area contributed by atoms with Crippen molar-refractivity contribution in [3.63, 3.8) is 0 Å². The average Bonchev–Trinajstić information content (AvgIpc) is 3.06. The summed E-state index contributed by atoms with van der Waals surface area (Å²) in [5.74, 6) is -3.94. The number of rotatable bonds is 5. The largest absolute Gasteiger partial charge is 0.461 e. The van der Waals surface area contributed by atoms with E-state index in [4.69, 9.17) is 4.74 Å². The van der Waals surface area contributed by atoms with Crippen LogP contribution in [0.2, 0.25) is 0 Å². The fraction of sp³-hybridized carbons (Fsp3) is 0.944. The highest BCUT2D eigenvalue weighted by atomic mass is 19.4. The van der Waals surface area contributed by atoms with E-state index < -0.39 is 72.0 Å². The minimum atomic E-state index is -5.53. The maximum absolute atomic E-state index is 13.2. The van der Waals surface area contributed by atoms with Crippen LogP contribution >= 0.6 is 0 Å². The normalized spacial score (nSPS) is 30.3. The van der Waals surface area contributed by atoms with Gasteiger partial charge in [-0.1, -0.05) is 6.92 Å². The van der Waals surface area contributed by atoms with Crippen molar-refractivity contribution >= 4 is 5.97 Å². The summed E-state index contributed by atoms with van der Waals surface area (Å²) < 4.78 is 124. The first-order valence-corrected chi connectivity index (χ1v) is 9.30. The third-order valence-electron chi connectivity index (χ3n) is 6.98. The molecule has 5 unspecified atom stereocenters.